The summed E-state index contributed by atoms with van der Waals surface area (Å²) >= 11 is 0. The van der Waals surface area contributed by atoms with Crippen molar-refractivity contribution < 1.29 is 0 Å². The van der Waals surface area contributed by atoms with Crippen LogP contribution in [-0.2, 0) is 0 Å². The topological polar surface area (TPSA) is 38.0 Å². The van der Waals surface area contributed by atoms with Crippen molar-refractivity contribution in [2.45, 2.75) is 5.92 Å². The van der Waals surface area contributed by atoms with Crippen LogP contribution in [0.2, 0.25) is 0 Å². The van der Waals surface area contributed by atoms with Gasteiger partial charge in [0.2, 0.25) is 0 Å². The molecule has 0 aliphatic heterocycles. The summed E-state index contributed by atoms with van der Waals surface area (Å²) in [7, 11) is 0. The molecule has 0 aliphatic rings. The summed E-state index contributed by atoms with van der Waals surface area (Å²) in [5.41, 5.74) is 8.21. The molecule has 2 heteroatoms. The molecule has 94 valence electrons. The molecular weight excluding hydrogens is 220 g/mol. The smallest absolute Gasteiger partial charge is 0.0214 e. The van der Waals surface area contributed by atoms with Crippen LogP contribution in [0.1, 0.15) is 17.0 Å². The van der Waals surface area contributed by atoms with Crippen molar-refractivity contribution in [3.8, 4) is 0 Å². The van der Waals surface area contributed by atoms with Crippen LogP contribution in [0, 0.1) is 0 Å². The van der Waals surface area contributed by atoms with E-state index in [4.69, 9.17) is 5.73 Å². The van der Waals surface area contributed by atoms with Gasteiger partial charge in [-0.15, -0.1) is 0 Å². The van der Waals surface area contributed by atoms with Crippen LogP contribution in [0.3, 0.4) is 0 Å². The van der Waals surface area contributed by atoms with Crippen LogP contribution in [0.25, 0.3) is 0 Å². The second-order valence-electron chi connectivity index (χ2n) is 4.37. The van der Waals surface area contributed by atoms with E-state index >= 15 is 0 Å². The first kappa shape index (κ1) is 12.8. The highest BCUT2D eigenvalue weighted by molar-refractivity contribution is 5.32. The van der Waals surface area contributed by atoms with Crippen LogP contribution >= 0.6 is 0 Å². The van der Waals surface area contributed by atoms with Gasteiger partial charge in [0.05, 0.1) is 0 Å². The third kappa shape index (κ3) is 3.42. The molecule has 2 aromatic rings. The van der Waals surface area contributed by atoms with Gasteiger partial charge >= 0.3 is 0 Å². The van der Waals surface area contributed by atoms with Gasteiger partial charge in [0.25, 0.3) is 0 Å². The molecule has 0 saturated heterocycles. The highest BCUT2D eigenvalue weighted by Crippen LogP contribution is 2.23. The van der Waals surface area contributed by atoms with E-state index in [1.807, 2.05) is 0 Å². The molecule has 0 atom stereocenters. The maximum atomic E-state index is 5.53. The summed E-state index contributed by atoms with van der Waals surface area (Å²) in [6.45, 7) is 2.46. The average Bonchev–Trinajstić information content (AvgIpc) is 2.46. The van der Waals surface area contributed by atoms with Crippen molar-refractivity contribution in [2.75, 3.05) is 19.6 Å². The molecule has 0 heterocycles. The Balaban J connectivity index is 2.18. The van der Waals surface area contributed by atoms with Crippen LogP contribution in [-0.4, -0.2) is 19.6 Å². The Morgan fingerprint density at radius 2 is 1.33 bits per heavy atom. The van der Waals surface area contributed by atoms with E-state index in [2.05, 4.69) is 66.0 Å². The third-order valence-electron chi connectivity index (χ3n) is 3.07. The van der Waals surface area contributed by atoms with Crippen LogP contribution in [0.4, 0.5) is 0 Å². The Morgan fingerprint density at radius 3 is 1.78 bits per heavy atom. The molecule has 0 amide bonds. The zero-order valence-corrected chi connectivity index (χ0v) is 10.5. The lowest BCUT2D eigenvalue weighted by Crippen LogP contribution is -2.27. The number of rotatable bonds is 6. The number of nitrogens with one attached hydrogen (secondary N) is 1. The Labute approximate surface area is 109 Å². The van der Waals surface area contributed by atoms with Gasteiger partial charge in [-0.2, -0.15) is 0 Å². The van der Waals surface area contributed by atoms with Gasteiger partial charge in [-0.25, -0.2) is 0 Å². The molecule has 2 rings (SSSR count). The molecule has 0 radical (unpaired) electrons. The quantitative estimate of drug-likeness (QED) is 0.761. The summed E-state index contributed by atoms with van der Waals surface area (Å²) in [6, 6.07) is 21.2. The lowest BCUT2D eigenvalue weighted by molar-refractivity contribution is 0.640. The van der Waals surface area contributed by atoms with E-state index < -0.39 is 0 Å². The highest BCUT2D eigenvalue weighted by atomic mass is 14.9. The van der Waals surface area contributed by atoms with Crippen molar-refractivity contribution in [3.05, 3.63) is 71.8 Å². The average molecular weight is 240 g/mol. The fraction of sp³-hybridized carbons (Fsp3) is 0.250. The lowest BCUT2D eigenvalue weighted by atomic mass is 9.91. The van der Waals surface area contributed by atoms with Crippen LogP contribution in [0.15, 0.2) is 60.7 Å². The standard InChI is InChI=1S/C16H20N2/c17-11-12-18-13-16(14-7-3-1-4-8-14)15-9-5-2-6-10-15/h1-10,16,18H,11-13,17H2. The number of hydrogen-bond acceptors (Lipinski definition) is 2. The van der Waals surface area contributed by atoms with Crippen molar-refractivity contribution in [1.82, 2.24) is 5.32 Å². The molecule has 0 unspecified atom stereocenters. The Bertz CT molecular complexity index is 400. The highest BCUT2D eigenvalue weighted by Gasteiger charge is 2.12. The minimum Gasteiger partial charge on any atom is -0.329 e. The predicted octanol–water partition coefficient (Wildman–Crippen LogP) is 2.37. The Kier molecular flexibility index (Phi) is 4.94. The fourth-order valence-corrected chi connectivity index (χ4v) is 2.15. The Hall–Kier alpha value is -1.64. The third-order valence-corrected chi connectivity index (χ3v) is 3.07. The summed E-state index contributed by atoms with van der Waals surface area (Å²) in [5.74, 6) is 0.388. The van der Waals surface area contributed by atoms with Gasteiger partial charge in [-0.05, 0) is 11.1 Å². The maximum Gasteiger partial charge on any atom is 0.0214 e. The van der Waals surface area contributed by atoms with Gasteiger partial charge in [0.15, 0.2) is 0 Å². The van der Waals surface area contributed by atoms with Crippen molar-refractivity contribution >= 4 is 0 Å². The minimum atomic E-state index is 0.388. The van der Waals surface area contributed by atoms with Gasteiger partial charge in [0, 0.05) is 25.6 Å². The molecule has 18 heavy (non-hydrogen) atoms. The molecule has 0 bridgehead atoms. The van der Waals surface area contributed by atoms with E-state index in [1.165, 1.54) is 11.1 Å². The van der Waals surface area contributed by atoms with Gasteiger partial charge in [-0.1, -0.05) is 60.7 Å². The van der Waals surface area contributed by atoms with Gasteiger partial charge in [-0.3, -0.25) is 0 Å². The first-order valence-corrected chi connectivity index (χ1v) is 6.42. The zero-order chi connectivity index (χ0) is 12.6. The second-order valence-corrected chi connectivity index (χ2v) is 4.37. The van der Waals surface area contributed by atoms with Gasteiger partial charge < -0.3 is 11.1 Å². The van der Waals surface area contributed by atoms with Crippen molar-refractivity contribution in [2.24, 2.45) is 5.73 Å². The normalized spacial score (nSPS) is 10.8. The summed E-state index contributed by atoms with van der Waals surface area (Å²) in [6.07, 6.45) is 0. The molecule has 2 aromatic carbocycles. The predicted molar refractivity (Wildman–Crippen MR) is 76.7 cm³/mol. The molecule has 0 fully saturated rings. The molecular formula is C16H20N2. The molecule has 0 spiro atoms. The van der Waals surface area contributed by atoms with E-state index in [-0.39, 0.29) is 0 Å². The fourth-order valence-electron chi connectivity index (χ4n) is 2.15. The van der Waals surface area contributed by atoms with Gasteiger partial charge in [0.1, 0.15) is 0 Å². The largest absolute Gasteiger partial charge is 0.329 e. The van der Waals surface area contributed by atoms with Crippen LogP contribution in [0.5, 0.6) is 0 Å². The lowest BCUT2D eigenvalue weighted by Gasteiger charge is -2.18. The Morgan fingerprint density at radius 1 is 0.833 bits per heavy atom. The second kappa shape index (κ2) is 6.94. The van der Waals surface area contributed by atoms with E-state index in [1.54, 1.807) is 0 Å². The molecule has 0 saturated carbocycles. The first-order valence-electron chi connectivity index (χ1n) is 6.42. The monoisotopic (exact) mass is 240 g/mol. The summed E-state index contributed by atoms with van der Waals surface area (Å²) in [5, 5.41) is 3.41. The van der Waals surface area contributed by atoms with Crippen molar-refractivity contribution in [1.29, 1.82) is 0 Å². The number of nitrogens with two attached hydrogens (primary N) is 1. The number of benzene rings is 2. The molecule has 0 aromatic heterocycles. The van der Waals surface area contributed by atoms with Crippen LogP contribution < -0.4 is 11.1 Å². The van der Waals surface area contributed by atoms with E-state index in [9.17, 15) is 0 Å². The zero-order valence-electron chi connectivity index (χ0n) is 10.5. The number of hydrogen-bond donors (Lipinski definition) is 2. The minimum absolute atomic E-state index is 0.388. The summed E-state index contributed by atoms with van der Waals surface area (Å²) < 4.78 is 0. The maximum absolute atomic E-state index is 5.53. The SMILES string of the molecule is NCCNCC(c1ccccc1)c1ccccc1. The van der Waals surface area contributed by atoms with E-state index in [0.29, 0.717) is 12.5 Å². The van der Waals surface area contributed by atoms with Crippen molar-refractivity contribution in [3.63, 3.8) is 0 Å². The van der Waals surface area contributed by atoms with E-state index in [0.717, 1.165) is 13.1 Å². The molecule has 2 nitrogen and oxygen atoms in total. The molecule has 3 N–H and O–H groups in total. The molecule has 0 aliphatic carbocycles. The summed E-state index contributed by atoms with van der Waals surface area (Å²) in [4.78, 5) is 0. The first-order chi connectivity index (χ1) is 8.92.